The lowest BCUT2D eigenvalue weighted by atomic mass is 9.71. The number of benzene rings is 1. The lowest BCUT2D eigenvalue weighted by Crippen LogP contribution is -2.35. The quantitative estimate of drug-likeness (QED) is 0.701. The second-order valence-electron chi connectivity index (χ2n) is 8.54. The first-order valence-corrected chi connectivity index (χ1v) is 10.3. The summed E-state index contributed by atoms with van der Waals surface area (Å²) in [6.07, 6.45) is 2.12. The number of aryl methyl sites for hydroxylation is 1. The van der Waals surface area contributed by atoms with Crippen LogP contribution in [0.15, 0.2) is 35.5 Å². The van der Waals surface area contributed by atoms with Crippen molar-refractivity contribution in [3.8, 4) is 17.0 Å². The average molecular weight is 383 g/mol. The number of rotatable bonds is 4. The normalized spacial score (nSPS) is 28.6. The second-order valence-corrected chi connectivity index (χ2v) is 9.61. The smallest absolute Gasteiger partial charge is 0.189 e. The molecule has 0 N–H and O–H groups in total. The van der Waals surface area contributed by atoms with Gasteiger partial charge < -0.3 is 4.74 Å². The van der Waals surface area contributed by atoms with E-state index < -0.39 is 0 Å². The van der Waals surface area contributed by atoms with Crippen LogP contribution in [0.5, 0.6) is 5.75 Å². The van der Waals surface area contributed by atoms with Crippen molar-refractivity contribution in [1.82, 2.24) is 9.97 Å². The van der Waals surface area contributed by atoms with Gasteiger partial charge in [0.25, 0.3) is 0 Å². The van der Waals surface area contributed by atoms with Crippen LogP contribution in [0, 0.1) is 23.7 Å². The molecule has 1 heterocycles. The molecule has 4 nitrogen and oxygen atoms in total. The molecule has 0 radical (unpaired) electrons. The van der Waals surface area contributed by atoms with Crippen molar-refractivity contribution in [2.75, 3.05) is 7.11 Å². The van der Waals surface area contributed by atoms with E-state index in [9.17, 15) is 4.79 Å². The number of hydrogen-bond acceptors (Lipinski definition) is 5. The number of ether oxygens (including phenoxy) is 1. The third-order valence-electron chi connectivity index (χ3n) is 6.92. The predicted molar refractivity (Wildman–Crippen MR) is 108 cm³/mol. The van der Waals surface area contributed by atoms with Crippen LogP contribution in [0.3, 0.4) is 0 Å². The molecule has 3 atom stereocenters. The van der Waals surface area contributed by atoms with E-state index in [1.807, 2.05) is 37.3 Å². The summed E-state index contributed by atoms with van der Waals surface area (Å²) >= 11 is 1.56. The third kappa shape index (κ3) is 2.78. The van der Waals surface area contributed by atoms with E-state index in [0.29, 0.717) is 10.9 Å². The van der Waals surface area contributed by atoms with E-state index in [2.05, 4.69) is 25.8 Å². The van der Waals surface area contributed by atoms with Crippen LogP contribution in [-0.4, -0.2) is 28.1 Å². The zero-order valence-corrected chi connectivity index (χ0v) is 17.4. The molecule has 142 valence electrons. The molecule has 2 aliphatic rings. The molecule has 0 spiro atoms. The van der Waals surface area contributed by atoms with Crippen molar-refractivity contribution in [1.29, 1.82) is 0 Å². The molecule has 2 saturated carbocycles. The van der Waals surface area contributed by atoms with Crippen molar-refractivity contribution in [3.63, 3.8) is 0 Å². The number of fused-ring (bicyclic) bond motifs is 2. The highest BCUT2D eigenvalue weighted by Gasteiger charge is 2.66. The van der Waals surface area contributed by atoms with Crippen molar-refractivity contribution >= 4 is 17.5 Å². The number of nitrogens with zero attached hydrogens (tertiary/aromatic N) is 2. The molecule has 5 heteroatoms. The summed E-state index contributed by atoms with van der Waals surface area (Å²) in [5.74, 6) is 1.38. The lowest BCUT2D eigenvalue weighted by molar-refractivity contribution is -0.122. The van der Waals surface area contributed by atoms with Crippen LogP contribution in [0.2, 0.25) is 0 Å². The first-order valence-electron chi connectivity index (χ1n) is 9.47. The zero-order chi connectivity index (χ0) is 19.4. The summed E-state index contributed by atoms with van der Waals surface area (Å²) in [6.45, 7) is 8.76. The highest BCUT2D eigenvalue weighted by atomic mass is 32.2. The van der Waals surface area contributed by atoms with Crippen LogP contribution >= 0.6 is 11.8 Å². The van der Waals surface area contributed by atoms with Gasteiger partial charge in [0, 0.05) is 17.2 Å². The van der Waals surface area contributed by atoms with Crippen LogP contribution in [0.1, 0.15) is 39.3 Å². The summed E-state index contributed by atoms with van der Waals surface area (Å²) in [6, 6.07) is 9.86. The number of carbonyl (C=O) groups excluding carboxylic acids is 1. The van der Waals surface area contributed by atoms with Crippen LogP contribution < -0.4 is 4.74 Å². The number of aromatic nitrogens is 2. The van der Waals surface area contributed by atoms with Gasteiger partial charge in [0.05, 0.1) is 18.1 Å². The SMILES string of the molecule is COc1ccc(-c2cc(C)nc(SC3C(=O)C4CCC3(C)C4(C)C)n2)cc1. The molecular formula is C22H26N2O2S. The van der Waals surface area contributed by atoms with Gasteiger partial charge in [-0.05, 0) is 60.9 Å². The highest BCUT2D eigenvalue weighted by Crippen LogP contribution is 2.67. The van der Waals surface area contributed by atoms with Crippen molar-refractivity contribution < 1.29 is 9.53 Å². The summed E-state index contributed by atoms with van der Waals surface area (Å²) in [5, 5.41) is 0.639. The monoisotopic (exact) mass is 382 g/mol. The van der Waals surface area contributed by atoms with Crippen molar-refractivity contribution in [2.45, 2.75) is 50.9 Å². The summed E-state index contributed by atoms with van der Waals surface area (Å²) < 4.78 is 5.24. The fourth-order valence-electron chi connectivity index (χ4n) is 4.79. The minimum Gasteiger partial charge on any atom is -0.497 e. The van der Waals surface area contributed by atoms with Gasteiger partial charge in [0.1, 0.15) is 11.5 Å². The minimum atomic E-state index is -0.0585. The maximum Gasteiger partial charge on any atom is 0.189 e. The fourth-order valence-corrected chi connectivity index (χ4v) is 6.31. The Morgan fingerprint density at radius 2 is 1.85 bits per heavy atom. The highest BCUT2D eigenvalue weighted by molar-refractivity contribution is 8.00. The summed E-state index contributed by atoms with van der Waals surface area (Å²) in [7, 11) is 1.66. The van der Waals surface area contributed by atoms with E-state index in [1.165, 1.54) is 0 Å². The Morgan fingerprint density at radius 1 is 1.15 bits per heavy atom. The predicted octanol–water partition coefficient (Wildman–Crippen LogP) is 4.95. The third-order valence-corrected chi connectivity index (χ3v) is 8.30. The average Bonchev–Trinajstić information content (AvgIpc) is 2.95. The number of Topliss-reactive ketones (excluding diaryl/α,β-unsaturated/α-hetero) is 1. The maximum absolute atomic E-state index is 13.0. The number of hydrogen-bond donors (Lipinski definition) is 0. The standard InChI is InChI=1S/C22H26N2O2S/c1-13-12-17(14-6-8-15(26-5)9-7-14)24-20(23-13)27-19-18(25)16-10-11-22(19,4)21(16,2)3/h6-9,12,16,19H,10-11H2,1-5H3. The molecule has 2 aromatic rings. The van der Waals surface area contributed by atoms with E-state index in [0.717, 1.165) is 35.5 Å². The zero-order valence-electron chi connectivity index (χ0n) is 16.6. The van der Waals surface area contributed by atoms with Crippen molar-refractivity contribution in [3.05, 3.63) is 36.0 Å². The Bertz CT molecular complexity index is 894. The minimum absolute atomic E-state index is 0.00675. The van der Waals surface area contributed by atoms with E-state index in [-0.39, 0.29) is 22.0 Å². The number of ketones is 1. The number of thioether (sulfide) groups is 1. The molecule has 4 rings (SSSR count). The summed E-state index contributed by atoms with van der Waals surface area (Å²) in [4.78, 5) is 22.4. The first kappa shape index (κ1) is 18.5. The van der Waals surface area contributed by atoms with Crippen LogP contribution in [-0.2, 0) is 4.79 Å². The Morgan fingerprint density at radius 3 is 2.44 bits per heavy atom. The molecule has 0 amide bonds. The number of methoxy groups -OCH3 is 1. The van der Waals surface area contributed by atoms with Gasteiger partial charge in [-0.25, -0.2) is 9.97 Å². The van der Waals surface area contributed by atoms with Gasteiger partial charge in [0.2, 0.25) is 0 Å². The van der Waals surface area contributed by atoms with Gasteiger partial charge in [-0.3, -0.25) is 4.79 Å². The number of carbonyl (C=O) groups is 1. The lowest BCUT2D eigenvalue weighted by Gasteiger charge is -2.37. The largest absolute Gasteiger partial charge is 0.497 e. The molecule has 2 aliphatic carbocycles. The van der Waals surface area contributed by atoms with Crippen LogP contribution in [0.4, 0.5) is 0 Å². The Balaban J connectivity index is 1.65. The van der Waals surface area contributed by atoms with Gasteiger partial charge in [-0.15, -0.1) is 0 Å². The van der Waals surface area contributed by atoms with Crippen molar-refractivity contribution in [2.24, 2.45) is 16.7 Å². The first-order chi connectivity index (χ1) is 12.8. The molecule has 1 aromatic heterocycles. The van der Waals surface area contributed by atoms with Gasteiger partial charge in [-0.1, -0.05) is 32.5 Å². The van der Waals surface area contributed by atoms with E-state index in [4.69, 9.17) is 9.72 Å². The van der Waals surface area contributed by atoms with Gasteiger partial charge >= 0.3 is 0 Å². The topological polar surface area (TPSA) is 52.1 Å². The molecule has 1 aromatic carbocycles. The summed E-state index contributed by atoms with van der Waals surface area (Å²) in [5.41, 5.74) is 2.87. The molecule has 3 unspecified atom stereocenters. The molecule has 2 bridgehead atoms. The van der Waals surface area contributed by atoms with E-state index in [1.54, 1.807) is 18.9 Å². The maximum atomic E-state index is 13.0. The molecule has 0 aliphatic heterocycles. The second kappa shape index (κ2) is 6.33. The van der Waals surface area contributed by atoms with E-state index >= 15 is 0 Å². The molecule has 2 fully saturated rings. The van der Waals surface area contributed by atoms with Crippen LogP contribution in [0.25, 0.3) is 11.3 Å². The molecule has 27 heavy (non-hydrogen) atoms. The van der Waals surface area contributed by atoms with Gasteiger partial charge in [0.15, 0.2) is 5.16 Å². The molecule has 0 saturated heterocycles. The Labute approximate surface area is 165 Å². The fraction of sp³-hybridized carbons (Fsp3) is 0.500. The Kier molecular flexibility index (Phi) is 4.34. The van der Waals surface area contributed by atoms with Gasteiger partial charge in [-0.2, -0.15) is 0 Å². The molecular weight excluding hydrogens is 356 g/mol. The Hall–Kier alpha value is -1.88.